The number of hydrogen-bond acceptors (Lipinski definition) is 6. The highest BCUT2D eigenvalue weighted by atomic mass is 16.2. The van der Waals surface area contributed by atoms with Crippen LogP contribution in [-0.2, 0) is 9.59 Å². The molecule has 1 aliphatic heterocycles. The average Bonchev–Trinajstić information content (AvgIpc) is 2.57. The molecule has 0 radical (unpaired) electrons. The van der Waals surface area contributed by atoms with E-state index in [0.29, 0.717) is 23.3 Å². The highest BCUT2D eigenvalue weighted by Gasteiger charge is 2.53. The van der Waals surface area contributed by atoms with Gasteiger partial charge >= 0.3 is 11.8 Å². The fraction of sp³-hybridized carbons (Fsp3) is 0.700. The van der Waals surface area contributed by atoms with Gasteiger partial charge in [0.05, 0.1) is 18.1 Å². The van der Waals surface area contributed by atoms with E-state index in [1.807, 2.05) is 12.4 Å². The molecule has 2 amide bonds. The molecule has 1 spiro atoms. The number of piperidine rings is 1. The molecule has 1 aromatic heterocycles. The van der Waals surface area contributed by atoms with E-state index in [4.69, 9.17) is 5.73 Å². The molecule has 1 saturated heterocycles. The van der Waals surface area contributed by atoms with Gasteiger partial charge in [-0.3, -0.25) is 9.59 Å². The van der Waals surface area contributed by atoms with Gasteiger partial charge in [-0.15, -0.1) is 0 Å². The number of primary amides is 1. The van der Waals surface area contributed by atoms with Crippen molar-refractivity contribution in [2.45, 2.75) is 58.0 Å². The van der Waals surface area contributed by atoms with Gasteiger partial charge in [-0.2, -0.15) is 0 Å². The van der Waals surface area contributed by atoms with E-state index in [2.05, 4.69) is 39.3 Å². The van der Waals surface area contributed by atoms with E-state index >= 15 is 0 Å². The molecular weight excluding hydrogens is 356 g/mol. The second-order valence-corrected chi connectivity index (χ2v) is 9.32. The van der Waals surface area contributed by atoms with Crippen molar-refractivity contribution in [2.24, 2.45) is 23.0 Å². The standard InChI is InChI=1S/C20H30N6O2/c1-12-3-13(2)11-26(10-12)19-22-8-16(9-23-19)24-14-4-20(5-14)6-15(7-20)25-18(28)17(21)27/h8-9,12-15,24H,3-7,10-11H2,1-2H3,(H2,21,27)(H,25,28). The maximum absolute atomic E-state index is 11.3. The monoisotopic (exact) mass is 386 g/mol. The highest BCUT2D eigenvalue weighted by molar-refractivity contribution is 6.34. The maximum atomic E-state index is 11.3. The Morgan fingerprint density at radius 1 is 1.07 bits per heavy atom. The molecule has 8 heteroatoms. The van der Waals surface area contributed by atoms with Crippen LogP contribution in [0.3, 0.4) is 0 Å². The van der Waals surface area contributed by atoms with Crippen molar-refractivity contribution < 1.29 is 9.59 Å². The third-order valence-corrected chi connectivity index (χ3v) is 6.44. The Morgan fingerprint density at radius 3 is 2.21 bits per heavy atom. The molecule has 1 aromatic rings. The Balaban J connectivity index is 1.23. The molecule has 2 unspecified atom stereocenters. The molecule has 2 aliphatic carbocycles. The van der Waals surface area contributed by atoms with E-state index in [1.54, 1.807) is 0 Å². The first kappa shape index (κ1) is 19.0. The topological polar surface area (TPSA) is 113 Å². The van der Waals surface area contributed by atoms with Crippen LogP contribution in [0.1, 0.15) is 46.0 Å². The summed E-state index contributed by atoms with van der Waals surface area (Å²) in [5, 5.41) is 6.21. The Kier molecular flexibility index (Phi) is 4.89. The van der Waals surface area contributed by atoms with Gasteiger partial charge in [-0.05, 0) is 49.4 Å². The summed E-state index contributed by atoms with van der Waals surface area (Å²) in [6, 6.07) is 0.496. The number of anilines is 2. The number of rotatable bonds is 4. The van der Waals surface area contributed by atoms with Crippen molar-refractivity contribution >= 4 is 23.5 Å². The van der Waals surface area contributed by atoms with Crippen LogP contribution in [0.25, 0.3) is 0 Å². The predicted molar refractivity (Wildman–Crippen MR) is 107 cm³/mol. The molecule has 0 aromatic carbocycles. The minimum absolute atomic E-state index is 0.0814. The fourth-order valence-electron chi connectivity index (χ4n) is 5.39. The Bertz CT molecular complexity index is 728. The number of aromatic nitrogens is 2. The largest absolute Gasteiger partial charge is 0.380 e. The Hall–Kier alpha value is -2.38. The van der Waals surface area contributed by atoms with Crippen molar-refractivity contribution in [3.8, 4) is 0 Å². The highest BCUT2D eigenvalue weighted by Crippen LogP contribution is 2.56. The number of nitrogens with one attached hydrogen (secondary N) is 2. The van der Waals surface area contributed by atoms with Crippen LogP contribution in [0.15, 0.2) is 12.4 Å². The Labute approximate surface area is 165 Å². The van der Waals surface area contributed by atoms with Gasteiger partial charge < -0.3 is 21.3 Å². The lowest BCUT2D eigenvalue weighted by molar-refractivity contribution is -0.139. The van der Waals surface area contributed by atoms with E-state index in [0.717, 1.165) is 50.4 Å². The number of hydrogen-bond donors (Lipinski definition) is 3. The van der Waals surface area contributed by atoms with Crippen molar-refractivity contribution in [3.63, 3.8) is 0 Å². The molecule has 4 N–H and O–H groups in total. The minimum Gasteiger partial charge on any atom is -0.380 e. The SMILES string of the molecule is CC1CC(C)CN(c2ncc(NC3CC4(CC(NC(=O)C(N)=O)C4)C3)cn2)C1. The third-order valence-electron chi connectivity index (χ3n) is 6.44. The average molecular weight is 387 g/mol. The molecule has 2 saturated carbocycles. The van der Waals surface area contributed by atoms with Crippen molar-refractivity contribution in [2.75, 3.05) is 23.3 Å². The fourth-order valence-corrected chi connectivity index (χ4v) is 5.39. The van der Waals surface area contributed by atoms with Gasteiger partial charge in [0, 0.05) is 25.2 Å². The molecule has 152 valence electrons. The number of nitrogens with two attached hydrogens (primary N) is 1. The lowest BCUT2D eigenvalue weighted by Gasteiger charge is -2.58. The van der Waals surface area contributed by atoms with Crippen LogP contribution < -0.4 is 21.3 Å². The summed E-state index contributed by atoms with van der Waals surface area (Å²) in [5.41, 5.74) is 6.24. The first-order chi connectivity index (χ1) is 13.3. The summed E-state index contributed by atoms with van der Waals surface area (Å²) in [5.74, 6) is 0.585. The zero-order valence-corrected chi connectivity index (χ0v) is 16.6. The van der Waals surface area contributed by atoms with Crippen molar-refractivity contribution in [1.29, 1.82) is 0 Å². The predicted octanol–water partition coefficient (Wildman–Crippen LogP) is 1.28. The van der Waals surface area contributed by atoms with Crippen molar-refractivity contribution in [3.05, 3.63) is 12.4 Å². The second-order valence-electron chi connectivity index (χ2n) is 9.32. The molecule has 4 rings (SSSR count). The number of amides is 2. The van der Waals surface area contributed by atoms with Crippen LogP contribution in [0, 0.1) is 17.3 Å². The zero-order valence-electron chi connectivity index (χ0n) is 16.6. The number of nitrogens with zero attached hydrogens (tertiary/aromatic N) is 3. The normalized spacial score (nSPS) is 34.3. The van der Waals surface area contributed by atoms with Crippen LogP contribution in [-0.4, -0.2) is 47.0 Å². The molecule has 2 atom stereocenters. The van der Waals surface area contributed by atoms with Gasteiger partial charge in [0.25, 0.3) is 0 Å². The molecule has 3 aliphatic rings. The van der Waals surface area contributed by atoms with Gasteiger partial charge in [-0.1, -0.05) is 13.8 Å². The molecule has 2 heterocycles. The summed E-state index contributed by atoms with van der Waals surface area (Å²) < 4.78 is 0. The quantitative estimate of drug-likeness (QED) is 0.672. The molecular formula is C20H30N6O2. The summed E-state index contributed by atoms with van der Waals surface area (Å²) in [6.45, 7) is 6.62. The van der Waals surface area contributed by atoms with E-state index < -0.39 is 11.8 Å². The molecule has 28 heavy (non-hydrogen) atoms. The van der Waals surface area contributed by atoms with Gasteiger partial charge in [0.1, 0.15) is 0 Å². The third kappa shape index (κ3) is 3.91. The van der Waals surface area contributed by atoms with Crippen LogP contribution in [0.2, 0.25) is 0 Å². The summed E-state index contributed by atoms with van der Waals surface area (Å²) >= 11 is 0. The summed E-state index contributed by atoms with van der Waals surface area (Å²) in [6.07, 6.45) is 9.02. The van der Waals surface area contributed by atoms with Gasteiger partial charge in [-0.25, -0.2) is 9.97 Å². The minimum atomic E-state index is -0.911. The van der Waals surface area contributed by atoms with Crippen LogP contribution in [0.4, 0.5) is 11.6 Å². The number of carbonyl (C=O) groups excluding carboxylic acids is 2. The van der Waals surface area contributed by atoms with E-state index in [1.165, 1.54) is 6.42 Å². The summed E-state index contributed by atoms with van der Waals surface area (Å²) in [4.78, 5) is 33.6. The molecule has 8 nitrogen and oxygen atoms in total. The number of carbonyl (C=O) groups is 2. The Morgan fingerprint density at radius 2 is 1.64 bits per heavy atom. The summed E-state index contributed by atoms with van der Waals surface area (Å²) in [7, 11) is 0. The lowest BCUT2D eigenvalue weighted by Crippen LogP contribution is -2.60. The lowest BCUT2D eigenvalue weighted by atomic mass is 9.52. The maximum Gasteiger partial charge on any atom is 0.309 e. The van der Waals surface area contributed by atoms with Crippen LogP contribution >= 0.6 is 0 Å². The second kappa shape index (κ2) is 7.22. The van der Waals surface area contributed by atoms with Crippen LogP contribution in [0.5, 0.6) is 0 Å². The molecule has 3 fully saturated rings. The van der Waals surface area contributed by atoms with Gasteiger partial charge in [0.2, 0.25) is 5.95 Å². The van der Waals surface area contributed by atoms with E-state index in [9.17, 15) is 9.59 Å². The first-order valence-electron chi connectivity index (χ1n) is 10.3. The molecule has 0 bridgehead atoms. The smallest absolute Gasteiger partial charge is 0.309 e. The first-order valence-corrected chi connectivity index (χ1v) is 10.3. The van der Waals surface area contributed by atoms with E-state index in [-0.39, 0.29) is 6.04 Å². The van der Waals surface area contributed by atoms with Gasteiger partial charge in [0.15, 0.2) is 0 Å². The zero-order chi connectivity index (χ0) is 19.9. The van der Waals surface area contributed by atoms with Crippen molar-refractivity contribution in [1.82, 2.24) is 15.3 Å².